The van der Waals surface area contributed by atoms with Gasteiger partial charge in [-0.3, -0.25) is 0 Å². The molecule has 0 spiro atoms. The molecule has 11 nitrogen and oxygen atoms in total. The van der Waals surface area contributed by atoms with Gasteiger partial charge in [0.05, 0.1) is 13.2 Å². The van der Waals surface area contributed by atoms with Gasteiger partial charge in [-0.25, -0.2) is 0 Å². The Labute approximate surface area is 142 Å². The zero-order valence-electron chi connectivity index (χ0n) is 13.0. The van der Waals surface area contributed by atoms with E-state index in [4.69, 9.17) is 25.7 Å². The summed E-state index contributed by atoms with van der Waals surface area (Å²) in [4.78, 5) is 0. The maximum atomic E-state index is 10.2. The lowest BCUT2D eigenvalue weighted by Gasteiger charge is -2.45. The number of aliphatic hydroxyl groups is 7. The fourth-order valence-corrected chi connectivity index (χ4v) is 2.72. The number of hydrogen-bond donors (Lipinski definition) is 7. The molecule has 2 fully saturated rings. The molecule has 11 heteroatoms. The van der Waals surface area contributed by atoms with E-state index in [2.05, 4.69) is 4.74 Å². The van der Waals surface area contributed by atoms with Crippen LogP contribution in [0.25, 0.3) is 0 Å². The molecule has 2 aliphatic heterocycles. The molecule has 2 aliphatic rings. The van der Waals surface area contributed by atoms with Crippen LogP contribution >= 0.6 is 0 Å². The molecule has 0 amide bonds. The SMILES string of the molecule is C#CO[C@@H]1OC(CO)[C@@H](O[C@@H]2OC(CO)[C@H](O)[C@H](O)C2O)[C@H](O)C1O. The molecule has 25 heavy (non-hydrogen) atoms. The van der Waals surface area contributed by atoms with Crippen LogP contribution in [0.2, 0.25) is 0 Å². The largest absolute Gasteiger partial charge is 0.412 e. The lowest BCUT2D eigenvalue weighted by Crippen LogP contribution is -2.64. The second-order valence-electron chi connectivity index (χ2n) is 5.74. The van der Waals surface area contributed by atoms with Crippen molar-refractivity contribution in [2.24, 2.45) is 0 Å². The third-order valence-electron chi connectivity index (χ3n) is 4.14. The van der Waals surface area contributed by atoms with E-state index in [0.29, 0.717) is 0 Å². The molecule has 7 N–H and O–H groups in total. The molecule has 0 aromatic rings. The first kappa shape index (κ1) is 20.3. The van der Waals surface area contributed by atoms with Gasteiger partial charge < -0.3 is 54.7 Å². The van der Waals surface area contributed by atoms with Gasteiger partial charge in [0, 0.05) is 0 Å². The molecule has 0 aromatic heterocycles. The first-order valence-electron chi connectivity index (χ1n) is 7.55. The molecule has 2 saturated heterocycles. The van der Waals surface area contributed by atoms with Crippen LogP contribution in [0.4, 0.5) is 0 Å². The molecular weight excluding hydrogens is 344 g/mol. The summed E-state index contributed by atoms with van der Waals surface area (Å²) in [5.41, 5.74) is 0. The van der Waals surface area contributed by atoms with Crippen molar-refractivity contribution in [1.82, 2.24) is 0 Å². The Balaban J connectivity index is 2.12. The predicted octanol–water partition coefficient (Wildman–Crippen LogP) is -4.78. The van der Waals surface area contributed by atoms with Crippen LogP contribution in [0.15, 0.2) is 0 Å². The monoisotopic (exact) mass is 366 g/mol. The highest BCUT2D eigenvalue weighted by molar-refractivity contribution is 4.94. The van der Waals surface area contributed by atoms with Crippen molar-refractivity contribution < 1.29 is 54.7 Å². The van der Waals surface area contributed by atoms with Crippen molar-refractivity contribution in [2.75, 3.05) is 13.2 Å². The summed E-state index contributed by atoms with van der Waals surface area (Å²) >= 11 is 0. The topological polar surface area (TPSA) is 179 Å². The fourth-order valence-electron chi connectivity index (χ4n) is 2.72. The minimum Gasteiger partial charge on any atom is -0.412 e. The minimum absolute atomic E-state index is 0.656. The molecule has 144 valence electrons. The van der Waals surface area contributed by atoms with E-state index >= 15 is 0 Å². The van der Waals surface area contributed by atoms with Gasteiger partial charge in [0.1, 0.15) is 54.9 Å². The summed E-state index contributed by atoms with van der Waals surface area (Å²) < 4.78 is 20.4. The third-order valence-corrected chi connectivity index (χ3v) is 4.14. The summed E-state index contributed by atoms with van der Waals surface area (Å²) in [6, 6.07) is 0. The molecule has 2 rings (SSSR count). The zero-order valence-corrected chi connectivity index (χ0v) is 13.0. The van der Waals surface area contributed by atoms with Gasteiger partial charge in [-0.05, 0) is 0 Å². The van der Waals surface area contributed by atoms with E-state index in [1.807, 2.05) is 0 Å². The summed E-state index contributed by atoms with van der Waals surface area (Å²) in [5, 5.41) is 68.1. The lowest BCUT2D eigenvalue weighted by atomic mass is 9.97. The van der Waals surface area contributed by atoms with Crippen molar-refractivity contribution in [3.05, 3.63) is 0 Å². The highest BCUT2D eigenvalue weighted by atomic mass is 16.7. The van der Waals surface area contributed by atoms with Crippen molar-refractivity contribution in [3.8, 4) is 12.5 Å². The van der Waals surface area contributed by atoms with Crippen LogP contribution in [0.1, 0.15) is 0 Å². The molecule has 0 bridgehead atoms. The van der Waals surface area contributed by atoms with Gasteiger partial charge in [-0.15, -0.1) is 0 Å². The highest BCUT2D eigenvalue weighted by Crippen LogP contribution is 2.29. The van der Waals surface area contributed by atoms with E-state index in [1.165, 1.54) is 0 Å². The molecular formula is C14H22O11. The lowest BCUT2D eigenvalue weighted by molar-refractivity contribution is -0.354. The molecule has 0 aliphatic carbocycles. The Hall–Kier alpha value is -1.04. The smallest absolute Gasteiger partial charge is 0.239 e. The van der Waals surface area contributed by atoms with E-state index < -0.39 is 74.6 Å². The Morgan fingerprint density at radius 1 is 0.760 bits per heavy atom. The van der Waals surface area contributed by atoms with Gasteiger partial charge in [0.15, 0.2) is 6.29 Å². The third kappa shape index (κ3) is 4.04. The van der Waals surface area contributed by atoms with Crippen LogP contribution < -0.4 is 0 Å². The van der Waals surface area contributed by atoms with Gasteiger partial charge in [0.25, 0.3) is 0 Å². The Bertz CT molecular complexity index is 464. The maximum absolute atomic E-state index is 10.2. The predicted molar refractivity (Wildman–Crippen MR) is 76.3 cm³/mol. The molecule has 0 radical (unpaired) electrons. The number of ether oxygens (including phenoxy) is 4. The summed E-state index contributed by atoms with van der Waals surface area (Å²) in [5.74, 6) is 0. The molecule has 10 atom stereocenters. The maximum Gasteiger partial charge on any atom is 0.239 e. The summed E-state index contributed by atoms with van der Waals surface area (Å²) in [7, 11) is 0. The van der Waals surface area contributed by atoms with Crippen LogP contribution in [0, 0.1) is 12.5 Å². The second kappa shape index (κ2) is 8.56. The fraction of sp³-hybridized carbons (Fsp3) is 0.857. The number of terminal acetylenes is 1. The van der Waals surface area contributed by atoms with Crippen molar-refractivity contribution >= 4 is 0 Å². The Morgan fingerprint density at radius 2 is 1.32 bits per heavy atom. The van der Waals surface area contributed by atoms with Crippen molar-refractivity contribution in [3.63, 3.8) is 0 Å². The molecule has 2 heterocycles. The Morgan fingerprint density at radius 3 is 1.88 bits per heavy atom. The number of hydrogen-bond acceptors (Lipinski definition) is 11. The molecule has 0 saturated carbocycles. The number of aliphatic hydroxyl groups excluding tert-OH is 7. The van der Waals surface area contributed by atoms with Crippen LogP contribution in [0.5, 0.6) is 0 Å². The summed E-state index contributed by atoms with van der Waals surface area (Å²) in [6.45, 7) is -1.32. The first-order valence-corrected chi connectivity index (χ1v) is 7.55. The minimum atomic E-state index is -1.72. The average Bonchev–Trinajstić information content (AvgIpc) is 2.61. The standard InChI is InChI=1S/C14H22O11/c1-2-22-13-11(21)9(19)12(6(4-16)24-13)25-14-10(20)8(18)7(17)5(3-15)23-14/h1,5-21H,3-4H2/t5?,6?,7-,8-,9+,10?,11?,12+,13+,14-/m0/s1. The summed E-state index contributed by atoms with van der Waals surface area (Å²) in [6.07, 6.45) is -8.33. The molecule has 0 aromatic carbocycles. The highest BCUT2D eigenvalue weighted by Gasteiger charge is 2.50. The van der Waals surface area contributed by atoms with Crippen molar-refractivity contribution in [2.45, 2.75) is 61.4 Å². The second-order valence-corrected chi connectivity index (χ2v) is 5.74. The van der Waals surface area contributed by atoms with Gasteiger partial charge in [-0.1, -0.05) is 6.42 Å². The van der Waals surface area contributed by atoms with Gasteiger partial charge in [-0.2, -0.15) is 0 Å². The van der Waals surface area contributed by atoms with Crippen LogP contribution in [-0.4, -0.2) is 110 Å². The van der Waals surface area contributed by atoms with E-state index in [-0.39, 0.29) is 0 Å². The average molecular weight is 366 g/mol. The van der Waals surface area contributed by atoms with E-state index in [9.17, 15) is 30.6 Å². The number of rotatable bonds is 5. The van der Waals surface area contributed by atoms with Gasteiger partial charge >= 0.3 is 0 Å². The quantitative estimate of drug-likeness (QED) is 0.232. The normalized spacial score (nSPS) is 47.9. The molecule has 4 unspecified atom stereocenters. The zero-order chi connectivity index (χ0) is 18.7. The first-order chi connectivity index (χ1) is 11.8. The Kier molecular flexibility index (Phi) is 6.94. The van der Waals surface area contributed by atoms with E-state index in [1.54, 1.807) is 6.11 Å². The van der Waals surface area contributed by atoms with Gasteiger partial charge in [0.2, 0.25) is 6.29 Å². The van der Waals surface area contributed by atoms with Crippen LogP contribution in [0.3, 0.4) is 0 Å². The van der Waals surface area contributed by atoms with Crippen molar-refractivity contribution in [1.29, 1.82) is 0 Å². The van der Waals surface area contributed by atoms with E-state index in [0.717, 1.165) is 0 Å². The van der Waals surface area contributed by atoms with Crippen LogP contribution in [-0.2, 0) is 18.9 Å².